The summed E-state index contributed by atoms with van der Waals surface area (Å²) in [5, 5.41) is 1.62. The summed E-state index contributed by atoms with van der Waals surface area (Å²) in [7, 11) is 0. The van der Waals surface area contributed by atoms with Gasteiger partial charge in [0.25, 0.3) is 0 Å². The van der Waals surface area contributed by atoms with Crippen LogP contribution in [0.3, 0.4) is 0 Å². The first-order valence-corrected chi connectivity index (χ1v) is 5.57. The molecule has 0 aliphatic rings. The van der Waals surface area contributed by atoms with E-state index in [0.717, 1.165) is 0 Å². The Hall–Kier alpha value is -1.31. The van der Waals surface area contributed by atoms with Crippen LogP contribution in [-0.4, -0.2) is 37.2 Å². The lowest BCUT2D eigenvalue weighted by Crippen LogP contribution is -2.47. The van der Waals surface area contributed by atoms with E-state index in [-0.39, 0.29) is 13.0 Å². The maximum Gasteiger partial charge on any atom is 0.471 e. The molecule has 0 bridgehead atoms. The number of alkyl halides is 3. The molecule has 0 rings (SSSR count). The molecule has 8 heteroatoms. The van der Waals surface area contributed by atoms with Crippen molar-refractivity contribution >= 4 is 11.9 Å². The van der Waals surface area contributed by atoms with Crippen molar-refractivity contribution in [2.45, 2.75) is 38.4 Å². The summed E-state index contributed by atoms with van der Waals surface area (Å²) in [5.41, 5.74) is 5.24. The van der Waals surface area contributed by atoms with Gasteiger partial charge in [0.2, 0.25) is 0 Å². The van der Waals surface area contributed by atoms with Crippen molar-refractivity contribution < 1.29 is 27.5 Å². The van der Waals surface area contributed by atoms with Crippen LogP contribution in [0.1, 0.15) is 26.2 Å². The van der Waals surface area contributed by atoms with Gasteiger partial charge in [-0.1, -0.05) is 0 Å². The summed E-state index contributed by atoms with van der Waals surface area (Å²) in [6, 6.07) is -1.29. The quantitative estimate of drug-likeness (QED) is 0.527. The summed E-state index contributed by atoms with van der Waals surface area (Å²) >= 11 is 0. The monoisotopic (exact) mass is 270 g/mol. The average molecular weight is 270 g/mol. The maximum atomic E-state index is 12.1. The number of rotatable bonds is 7. The fraction of sp³-hybridized carbons (Fsp3) is 0.800. The minimum Gasteiger partial charge on any atom is -0.464 e. The Labute approximate surface area is 103 Å². The van der Waals surface area contributed by atoms with Gasteiger partial charge in [0, 0.05) is 0 Å². The number of carbonyl (C=O) groups is 2. The molecule has 106 valence electrons. The smallest absolute Gasteiger partial charge is 0.464 e. The second-order valence-corrected chi connectivity index (χ2v) is 3.56. The van der Waals surface area contributed by atoms with Crippen molar-refractivity contribution in [2.75, 3.05) is 13.2 Å². The lowest BCUT2D eigenvalue weighted by Gasteiger charge is -2.17. The fourth-order valence-electron chi connectivity index (χ4n) is 1.22. The van der Waals surface area contributed by atoms with Crippen LogP contribution in [0.4, 0.5) is 13.2 Å². The highest BCUT2D eigenvalue weighted by molar-refractivity contribution is 5.87. The highest BCUT2D eigenvalue weighted by Crippen LogP contribution is 2.15. The van der Waals surface area contributed by atoms with E-state index in [9.17, 15) is 22.8 Å². The van der Waals surface area contributed by atoms with Gasteiger partial charge in [0.05, 0.1) is 6.61 Å². The summed E-state index contributed by atoms with van der Waals surface area (Å²) in [4.78, 5) is 22.1. The van der Waals surface area contributed by atoms with E-state index in [2.05, 4.69) is 4.74 Å². The third-order valence-electron chi connectivity index (χ3n) is 2.08. The Bertz CT molecular complexity index is 282. The number of hydrogen-bond acceptors (Lipinski definition) is 4. The van der Waals surface area contributed by atoms with Crippen molar-refractivity contribution in [3.8, 4) is 0 Å². The van der Waals surface area contributed by atoms with Gasteiger partial charge in [-0.15, -0.1) is 0 Å². The second-order valence-electron chi connectivity index (χ2n) is 3.56. The molecule has 0 heterocycles. The maximum absolute atomic E-state index is 12.1. The van der Waals surface area contributed by atoms with Crippen molar-refractivity contribution in [3.05, 3.63) is 0 Å². The van der Waals surface area contributed by atoms with Gasteiger partial charge in [-0.25, -0.2) is 4.79 Å². The predicted molar refractivity (Wildman–Crippen MR) is 57.5 cm³/mol. The molecule has 0 fully saturated rings. The minimum atomic E-state index is -5.02. The highest BCUT2D eigenvalue weighted by Gasteiger charge is 2.40. The zero-order valence-electron chi connectivity index (χ0n) is 10.0. The molecule has 0 aromatic carbocycles. The first-order chi connectivity index (χ1) is 8.32. The number of esters is 1. The molecule has 0 aliphatic heterocycles. The van der Waals surface area contributed by atoms with Crippen LogP contribution in [0.2, 0.25) is 0 Å². The van der Waals surface area contributed by atoms with Gasteiger partial charge in [0.1, 0.15) is 6.04 Å². The van der Waals surface area contributed by atoms with E-state index >= 15 is 0 Å². The fourth-order valence-corrected chi connectivity index (χ4v) is 1.22. The van der Waals surface area contributed by atoms with E-state index in [0.29, 0.717) is 19.4 Å². The lowest BCUT2D eigenvalue weighted by molar-refractivity contribution is -0.176. The standard InChI is InChI=1S/C10H17F3N2O3/c1-2-18-8(16)7(5-3-4-6-14)15-9(17)10(11,12)13/h7H,2-6,14H2,1H3,(H,15,17). The molecule has 18 heavy (non-hydrogen) atoms. The number of nitrogens with one attached hydrogen (secondary N) is 1. The van der Waals surface area contributed by atoms with Crippen LogP contribution >= 0.6 is 0 Å². The van der Waals surface area contributed by atoms with Crippen molar-refractivity contribution in [3.63, 3.8) is 0 Å². The number of amides is 1. The van der Waals surface area contributed by atoms with E-state index in [1.807, 2.05) is 0 Å². The molecular weight excluding hydrogens is 253 g/mol. The van der Waals surface area contributed by atoms with Crippen molar-refractivity contribution in [1.29, 1.82) is 0 Å². The summed E-state index contributed by atoms with van der Waals surface area (Å²) in [5.74, 6) is -3.01. The Morgan fingerprint density at radius 1 is 1.33 bits per heavy atom. The molecule has 0 spiro atoms. The normalized spacial score (nSPS) is 12.9. The van der Waals surface area contributed by atoms with Gasteiger partial charge in [0.15, 0.2) is 0 Å². The van der Waals surface area contributed by atoms with E-state index < -0.39 is 24.1 Å². The molecule has 3 N–H and O–H groups in total. The molecule has 1 unspecified atom stereocenters. The zero-order valence-corrected chi connectivity index (χ0v) is 10.0. The third-order valence-corrected chi connectivity index (χ3v) is 2.08. The summed E-state index contributed by atoms with van der Waals surface area (Å²) in [6.45, 7) is 1.93. The van der Waals surface area contributed by atoms with Crippen LogP contribution < -0.4 is 11.1 Å². The molecule has 1 atom stereocenters. The number of hydrogen-bond donors (Lipinski definition) is 2. The summed E-state index contributed by atoms with van der Waals surface area (Å²) < 4.78 is 40.8. The molecule has 0 radical (unpaired) electrons. The first-order valence-electron chi connectivity index (χ1n) is 5.57. The Morgan fingerprint density at radius 2 is 1.94 bits per heavy atom. The molecule has 1 amide bonds. The van der Waals surface area contributed by atoms with Crippen LogP contribution in [0, 0.1) is 0 Å². The number of ether oxygens (including phenoxy) is 1. The Kier molecular flexibility index (Phi) is 7.33. The van der Waals surface area contributed by atoms with E-state index in [1.165, 1.54) is 6.92 Å². The molecule has 0 saturated carbocycles. The van der Waals surface area contributed by atoms with Gasteiger partial charge < -0.3 is 15.8 Å². The number of halogens is 3. The van der Waals surface area contributed by atoms with Crippen LogP contribution in [0.25, 0.3) is 0 Å². The number of nitrogens with two attached hydrogens (primary N) is 1. The molecule has 0 saturated heterocycles. The largest absolute Gasteiger partial charge is 0.471 e. The first kappa shape index (κ1) is 16.7. The van der Waals surface area contributed by atoms with Crippen LogP contribution in [-0.2, 0) is 14.3 Å². The zero-order chi connectivity index (χ0) is 14.2. The van der Waals surface area contributed by atoms with Gasteiger partial charge in [-0.05, 0) is 32.7 Å². The molecular formula is C10H17F3N2O3. The average Bonchev–Trinajstić information content (AvgIpc) is 2.26. The van der Waals surface area contributed by atoms with E-state index in [1.54, 1.807) is 5.32 Å². The molecule has 5 nitrogen and oxygen atoms in total. The molecule has 0 aromatic heterocycles. The Morgan fingerprint density at radius 3 is 2.39 bits per heavy atom. The summed E-state index contributed by atoms with van der Waals surface area (Å²) in [6.07, 6.45) is -3.97. The molecule has 0 aromatic rings. The highest BCUT2D eigenvalue weighted by atomic mass is 19.4. The Balaban J connectivity index is 4.46. The predicted octanol–water partition coefficient (Wildman–Crippen LogP) is 0.726. The number of unbranched alkanes of at least 4 members (excludes halogenated alkanes) is 1. The minimum absolute atomic E-state index is 0.0358. The van der Waals surface area contributed by atoms with Gasteiger partial charge >= 0.3 is 18.1 Å². The van der Waals surface area contributed by atoms with Crippen molar-refractivity contribution in [1.82, 2.24) is 5.32 Å². The number of carbonyl (C=O) groups excluding carboxylic acids is 2. The van der Waals surface area contributed by atoms with Crippen molar-refractivity contribution in [2.24, 2.45) is 5.73 Å². The van der Waals surface area contributed by atoms with Gasteiger partial charge in [-0.2, -0.15) is 13.2 Å². The van der Waals surface area contributed by atoms with Crippen LogP contribution in [0.5, 0.6) is 0 Å². The van der Waals surface area contributed by atoms with Crippen LogP contribution in [0.15, 0.2) is 0 Å². The van der Waals surface area contributed by atoms with Gasteiger partial charge in [-0.3, -0.25) is 4.79 Å². The third kappa shape index (κ3) is 6.43. The topological polar surface area (TPSA) is 81.4 Å². The lowest BCUT2D eigenvalue weighted by atomic mass is 10.1. The molecule has 0 aliphatic carbocycles. The SMILES string of the molecule is CCOC(=O)C(CCCCN)NC(=O)C(F)(F)F. The van der Waals surface area contributed by atoms with E-state index in [4.69, 9.17) is 5.73 Å². The second kappa shape index (κ2) is 7.91.